The molecule has 6 nitrogen and oxygen atoms in total. The number of para-hydroxylation sites is 1. The van der Waals surface area contributed by atoms with Crippen LogP contribution in [0.5, 0.6) is 0 Å². The summed E-state index contributed by atoms with van der Waals surface area (Å²) in [6.07, 6.45) is 1.39. The Morgan fingerprint density at radius 1 is 1.00 bits per heavy atom. The molecule has 2 aromatic carbocycles. The van der Waals surface area contributed by atoms with Crippen LogP contribution in [0.15, 0.2) is 60.9 Å². The van der Waals surface area contributed by atoms with Crippen LogP contribution in [0.1, 0.15) is 29.9 Å². The maximum atomic E-state index is 12.5. The molecule has 1 aromatic heterocycles. The molecular formula is C22H25N5O. The monoisotopic (exact) mass is 375 g/mol. The van der Waals surface area contributed by atoms with Crippen LogP contribution in [0.2, 0.25) is 0 Å². The van der Waals surface area contributed by atoms with E-state index in [1.165, 1.54) is 12.0 Å². The Morgan fingerprint density at radius 2 is 1.71 bits per heavy atom. The highest BCUT2D eigenvalue weighted by atomic mass is 16.1. The lowest BCUT2D eigenvalue weighted by Crippen LogP contribution is -2.21. The SMILES string of the molecule is CCN(CC)c1ccc(Nc2cc(C(=O)Nc3ccccc3C)ncn2)cc1. The fourth-order valence-electron chi connectivity index (χ4n) is 2.94. The Hall–Kier alpha value is -3.41. The van der Waals surface area contributed by atoms with E-state index < -0.39 is 0 Å². The van der Waals surface area contributed by atoms with Gasteiger partial charge in [0.2, 0.25) is 0 Å². The van der Waals surface area contributed by atoms with Gasteiger partial charge in [-0.05, 0) is 56.7 Å². The number of nitrogens with zero attached hydrogens (tertiary/aromatic N) is 3. The molecule has 0 spiro atoms. The van der Waals surface area contributed by atoms with E-state index in [2.05, 4.69) is 51.5 Å². The first kappa shape index (κ1) is 19.4. The smallest absolute Gasteiger partial charge is 0.274 e. The Balaban J connectivity index is 1.71. The molecule has 0 aliphatic rings. The molecule has 0 bridgehead atoms. The van der Waals surface area contributed by atoms with Crippen LogP contribution in [-0.4, -0.2) is 29.0 Å². The van der Waals surface area contributed by atoms with Crippen LogP contribution in [0, 0.1) is 6.92 Å². The number of amides is 1. The second-order valence-electron chi connectivity index (χ2n) is 6.40. The first-order chi connectivity index (χ1) is 13.6. The Bertz CT molecular complexity index is 936. The number of aryl methyl sites for hydroxylation is 1. The number of aromatic nitrogens is 2. The molecule has 1 amide bonds. The lowest BCUT2D eigenvalue weighted by atomic mass is 10.2. The number of carbonyl (C=O) groups is 1. The minimum atomic E-state index is -0.267. The van der Waals surface area contributed by atoms with Crippen LogP contribution in [0.25, 0.3) is 0 Å². The zero-order valence-corrected chi connectivity index (χ0v) is 16.4. The molecule has 0 atom stereocenters. The third-order valence-corrected chi connectivity index (χ3v) is 4.56. The standard InChI is InChI=1S/C22H25N5O/c1-4-27(5-2)18-12-10-17(11-13-18)25-21-14-20(23-15-24-21)22(28)26-19-9-7-6-8-16(19)3/h6-15H,4-5H2,1-3H3,(H,26,28)(H,23,24,25). The van der Waals surface area contributed by atoms with Crippen molar-refractivity contribution in [2.24, 2.45) is 0 Å². The van der Waals surface area contributed by atoms with E-state index in [9.17, 15) is 4.79 Å². The van der Waals surface area contributed by atoms with E-state index in [-0.39, 0.29) is 5.91 Å². The molecule has 28 heavy (non-hydrogen) atoms. The topological polar surface area (TPSA) is 70.2 Å². The van der Waals surface area contributed by atoms with E-state index in [1.54, 1.807) is 6.07 Å². The molecule has 0 saturated heterocycles. The van der Waals surface area contributed by atoms with Gasteiger partial charge < -0.3 is 15.5 Å². The van der Waals surface area contributed by atoms with Gasteiger partial charge in [0.15, 0.2) is 0 Å². The zero-order chi connectivity index (χ0) is 19.9. The second-order valence-corrected chi connectivity index (χ2v) is 6.40. The average Bonchev–Trinajstić information content (AvgIpc) is 2.72. The molecule has 0 saturated carbocycles. The molecular weight excluding hydrogens is 350 g/mol. The Labute approximate surface area is 165 Å². The lowest BCUT2D eigenvalue weighted by molar-refractivity contribution is 0.102. The fraction of sp³-hybridized carbons (Fsp3) is 0.227. The fourth-order valence-corrected chi connectivity index (χ4v) is 2.94. The van der Waals surface area contributed by atoms with Crippen molar-refractivity contribution in [1.82, 2.24) is 9.97 Å². The van der Waals surface area contributed by atoms with Crippen molar-refractivity contribution in [2.45, 2.75) is 20.8 Å². The number of nitrogens with one attached hydrogen (secondary N) is 2. The van der Waals surface area contributed by atoms with Crippen molar-refractivity contribution in [3.63, 3.8) is 0 Å². The molecule has 3 aromatic rings. The van der Waals surface area contributed by atoms with Gasteiger partial charge in [-0.15, -0.1) is 0 Å². The van der Waals surface area contributed by atoms with E-state index in [0.717, 1.165) is 30.0 Å². The molecule has 0 aliphatic carbocycles. The summed E-state index contributed by atoms with van der Waals surface area (Å²) in [6, 6.07) is 17.4. The van der Waals surface area contributed by atoms with E-state index in [1.807, 2.05) is 43.3 Å². The third-order valence-electron chi connectivity index (χ3n) is 4.56. The predicted octanol–water partition coefficient (Wildman–Crippen LogP) is 4.63. The number of rotatable bonds is 7. The first-order valence-electron chi connectivity index (χ1n) is 9.41. The van der Waals surface area contributed by atoms with Gasteiger partial charge in [-0.3, -0.25) is 4.79 Å². The minimum absolute atomic E-state index is 0.267. The normalized spacial score (nSPS) is 10.4. The number of anilines is 4. The van der Waals surface area contributed by atoms with Gasteiger partial charge in [0, 0.05) is 36.2 Å². The maximum absolute atomic E-state index is 12.5. The Kier molecular flexibility index (Phi) is 6.22. The lowest BCUT2D eigenvalue weighted by Gasteiger charge is -2.21. The van der Waals surface area contributed by atoms with Crippen LogP contribution < -0.4 is 15.5 Å². The summed E-state index contributed by atoms with van der Waals surface area (Å²) in [5.74, 6) is 0.303. The van der Waals surface area contributed by atoms with Gasteiger partial charge in [-0.1, -0.05) is 18.2 Å². The maximum Gasteiger partial charge on any atom is 0.274 e. The van der Waals surface area contributed by atoms with Crippen molar-refractivity contribution in [1.29, 1.82) is 0 Å². The Morgan fingerprint density at radius 3 is 2.39 bits per heavy atom. The molecule has 144 valence electrons. The summed E-state index contributed by atoms with van der Waals surface area (Å²) in [5.41, 5.74) is 4.15. The highest BCUT2D eigenvalue weighted by Gasteiger charge is 2.10. The second kappa shape index (κ2) is 8.99. The molecule has 0 radical (unpaired) electrons. The van der Waals surface area contributed by atoms with Gasteiger partial charge in [-0.25, -0.2) is 9.97 Å². The summed E-state index contributed by atoms with van der Waals surface area (Å²) >= 11 is 0. The van der Waals surface area contributed by atoms with E-state index >= 15 is 0 Å². The average molecular weight is 375 g/mol. The van der Waals surface area contributed by atoms with Gasteiger partial charge >= 0.3 is 0 Å². The van der Waals surface area contributed by atoms with Crippen molar-refractivity contribution in [2.75, 3.05) is 28.6 Å². The van der Waals surface area contributed by atoms with Gasteiger partial charge in [-0.2, -0.15) is 0 Å². The molecule has 3 rings (SSSR count). The minimum Gasteiger partial charge on any atom is -0.372 e. The van der Waals surface area contributed by atoms with Crippen molar-refractivity contribution in [3.05, 3.63) is 72.2 Å². The third kappa shape index (κ3) is 4.65. The number of hydrogen-bond donors (Lipinski definition) is 2. The van der Waals surface area contributed by atoms with E-state index in [4.69, 9.17) is 0 Å². The van der Waals surface area contributed by atoms with Crippen molar-refractivity contribution >= 4 is 28.8 Å². The van der Waals surface area contributed by atoms with Crippen molar-refractivity contribution < 1.29 is 4.79 Å². The highest BCUT2D eigenvalue weighted by Crippen LogP contribution is 2.21. The van der Waals surface area contributed by atoms with Crippen LogP contribution in [0.3, 0.4) is 0 Å². The quantitative estimate of drug-likeness (QED) is 0.630. The molecule has 0 aliphatic heterocycles. The van der Waals surface area contributed by atoms with Crippen molar-refractivity contribution in [3.8, 4) is 0 Å². The van der Waals surface area contributed by atoms with Gasteiger partial charge in [0.25, 0.3) is 5.91 Å². The molecule has 6 heteroatoms. The van der Waals surface area contributed by atoms with E-state index in [0.29, 0.717) is 11.5 Å². The number of carbonyl (C=O) groups excluding carboxylic acids is 1. The van der Waals surface area contributed by atoms with Crippen LogP contribution >= 0.6 is 0 Å². The first-order valence-corrected chi connectivity index (χ1v) is 9.41. The van der Waals surface area contributed by atoms with Crippen LogP contribution in [0.4, 0.5) is 22.9 Å². The molecule has 0 fully saturated rings. The summed E-state index contributed by atoms with van der Waals surface area (Å²) in [4.78, 5) is 23.1. The van der Waals surface area contributed by atoms with Gasteiger partial charge in [0.05, 0.1) is 0 Å². The summed E-state index contributed by atoms with van der Waals surface area (Å²) in [6.45, 7) is 8.16. The molecule has 2 N–H and O–H groups in total. The van der Waals surface area contributed by atoms with Gasteiger partial charge in [0.1, 0.15) is 17.8 Å². The highest BCUT2D eigenvalue weighted by molar-refractivity contribution is 6.03. The summed E-state index contributed by atoms with van der Waals surface area (Å²) < 4.78 is 0. The largest absolute Gasteiger partial charge is 0.372 e. The number of benzene rings is 2. The van der Waals surface area contributed by atoms with Crippen LogP contribution in [-0.2, 0) is 0 Å². The molecule has 1 heterocycles. The predicted molar refractivity (Wildman–Crippen MR) is 114 cm³/mol. The summed E-state index contributed by atoms with van der Waals surface area (Å²) in [5, 5.41) is 6.11. The number of hydrogen-bond acceptors (Lipinski definition) is 5. The zero-order valence-electron chi connectivity index (χ0n) is 16.4. The summed E-state index contributed by atoms with van der Waals surface area (Å²) in [7, 11) is 0. The molecule has 0 unspecified atom stereocenters.